The Morgan fingerprint density at radius 3 is 2.95 bits per heavy atom. The molecule has 0 radical (unpaired) electrons. The maximum Gasteiger partial charge on any atom is 0.0958 e. The van der Waals surface area contributed by atoms with Crippen LogP contribution in [0.25, 0.3) is 11.0 Å². The second-order valence-corrected chi connectivity index (χ2v) is 5.69. The summed E-state index contributed by atoms with van der Waals surface area (Å²) in [6, 6.07) is 13.0. The highest BCUT2D eigenvalue weighted by atomic mass is 32.1. The second kappa shape index (κ2) is 5.55. The number of likely N-dealkylation sites (N-methyl/N-ethyl adjacent to an activating group) is 1. The molecule has 98 valence electrons. The van der Waals surface area contributed by atoms with Gasteiger partial charge in [0.15, 0.2) is 0 Å². The summed E-state index contributed by atoms with van der Waals surface area (Å²) in [6.45, 7) is 0.939. The Balaban J connectivity index is 1.78. The molecule has 19 heavy (non-hydrogen) atoms. The Hall–Kier alpha value is -1.65. The molecule has 1 N–H and O–H groups in total. The van der Waals surface area contributed by atoms with E-state index in [9.17, 15) is 0 Å². The first-order chi connectivity index (χ1) is 9.36. The number of hydrogen-bond donors (Lipinski definition) is 1. The summed E-state index contributed by atoms with van der Waals surface area (Å²) in [4.78, 5) is 5.86. The van der Waals surface area contributed by atoms with E-state index in [1.807, 2.05) is 30.8 Å². The topological polar surface area (TPSA) is 29.9 Å². The average Bonchev–Trinajstić information content (AvgIpc) is 3.08. The van der Waals surface area contributed by atoms with Crippen molar-refractivity contribution in [2.24, 2.45) is 0 Å². The highest BCUT2D eigenvalue weighted by Gasteiger charge is 2.10. The molecular weight excluding hydrogens is 254 g/mol. The van der Waals surface area contributed by atoms with Crippen molar-refractivity contribution in [1.82, 2.24) is 14.9 Å². The van der Waals surface area contributed by atoms with E-state index in [2.05, 4.69) is 50.6 Å². The van der Waals surface area contributed by atoms with Crippen molar-refractivity contribution in [3.05, 3.63) is 53.0 Å². The molecular formula is C15H17N3S. The van der Waals surface area contributed by atoms with Crippen LogP contribution in [0.3, 0.4) is 0 Å². The monoisotopic (exact) mass is 271 g/mol. The number of thiophene rings is 1. The van der Waals surface area contributed by atoms with Gasteiger partial charge in [-0.25, -0.2) is 4.98 Å². The SMILES string of the molecule is CNC(Cc1cccs1)Cn1cnc2ccccc21. The highest BCUT2D eigenvalue weighted by Crippen LogP contribution is 2.15. The summed E-state index contributed by atoms with van der Waals surface area (Å²) < 4.78 is 2.23. The molecule has 4 heteroatoms. The van der Waals surface area contributed by atoms with Gasteiger partial charge in [0.05, 0.1) is 17.4 Å². The zero-order chi connectivity index (χ0) is 13.1. The number of fused-ring (bicyclic) bond motifs is 1. The summed E-state index contributed by atoms with van der Waals surface area (Å²) >= 11 is 1.82. The number of benzene rings is 1. The third-order valence-electron chi connectivity index (χ3n) is 3.38. The van der Waals surface area contributed by atoms with E-state index < -0.39 is 0 Å². The third kappa shape index (κ3) is 2.69. The van der Waals surface area contributed by atoms with Gasteiger partial charge in [-0.3, -0.25) is 0 Å². The first-order valence-electron chi connectivity index (χ1n) is 6.46. The lowest BCUT2D eigenvalue weighted by atomic mass is 10.2. The van der Waals surface area contributed by atoms with Crippen LogP contribution < -0.4 is 5.32 Å². The number of nitrogens with one attached hydrogen (secondary N) is 1. The number of rotatable bonds is 5. The van der Waals surface area contributed by atoms with Crippen LogP contribution in [-0.4, -0.2) is 22.6 Å². The zero-order valence-electron chi connectivity index (χ0n) is 10.9. The fourth-order valence-corrected chi connectivity index (χ4v) is 3.11. The smallest absolute Gasteiger partial charge is 0.0958 e. The minimum Gasteiger partial charge on any atom is -0.329 e. The standard InChI is InChI=1S/C15H17N3S/c1-16-12(9-13-5-4-8-19-13)10-18-11-17-14-6-2-3-7-15(14)18/h2-8,11-12,16H,9-10H2,1H3. The number of hydrogen-bond acceptors (Lipinski definition) is 3. The zero-order valence-corrected chi connectivity index (χ0v) is 11.7. The van der Waals surface area contributed by atoms with Crippen LogP contribution in [0.1, 0.15) is 4.88 Å². The van der Waals surface area contributed by atoms with Gasteiger partial charge in [0.1, 0.15) is 0 Å². The van der Waals surface area contributed by atoms with Gasteiger partial charge in [0, 0.05) is 17.5 Å². The van der Waals surface area contributed by atoms with Crippen LogP contribution >= 0.6 is 11.3 Å². The molecule has 1 aromatic carbocycles. The van der Waals surface area contributed by atoms with E-state index in [1.165, 1.54) is 10.4 Å². The maximum atomic E-state index is 4.44. The van der Waals surface area contributed by atoms with Gasteiger partial charge in [0.25, 0.3) is 0 Å². The molecule has 0 saturated heterocycles. The fourth-order valence-electron chi connectivity index (χ4n) is 2.32. The maximum absolute atomic E-state index is 4.44. The van der Waals surface area contributed by atoms with Crippen molar-refractivity contribution in [1.29, 1.82) is 0 Å². The number of imidazole rings is 1. The minimum absolute atomic E-state index is 0.427. The van der Waals surface area contributed by atoms with Gasteiger partial charge in [-0.2, -0.15) is 0 Å². The predicted octanol–water partition coefficient (Wildman–Crippen LogP) is 2.93. The molecule has 2 heterocycles. The Morgan fingerprint density at radius 1 is 1.26 bits per heavy atom. The molecule has 2 aromatic heterocycles. The lowest BCUT2D eigenvalue weighted by Gasteiger charge is -2.16. The van der Waals surface area contributed by atoms with Gasteiger partial charge < -0.3 is 9.88 Å². The fraction of sp³-hybridized carbons (Fsp3) is 0.267. The molecule has 0 amide bonds. The van der Waals surface area contributed by atoms with Crippen LogP contribution in [0.5, 0.6) is 0 Å². The molecule has 0 bridgehead atoms. The minimum atomic E-state index is 0.427. The van der Waals surface area contributed by atoms with Crippen LogP contribution in [0.15, 0.2) is 48.1 Å². The summed E-state index contributed by atoms with van der Waals surface area (Å²) in [5, 5.41) is 5.53. The molecule has 1 atom stereocenters. The molecule has 0 spiro atoms. The average molecular weight is 271 g/mol. The van der Waals surface area contributed by atoms with E-state index in [0.29, 0.717) is 6.04 Å². The molecule has 1 unspecified atom stereocenters. The number of para-hydroxylation sites is 2. The Kier molecular flexibility index (Phi) is 3.62. The number of nitrogens with zero attached hydrogens (tertiary/aromatic N) is 2. The van der Waals surface area contributed by atoms with Gasteiger partial charge in [-0.15, -0.1) is 11.3 Å². The highest BCUT2D eigenvalue weighted by molar-refractivity contribution is 7.09. The molecule has 0 saturated carbocycles. The second-order valence-electron chi connectivity index (χ2n) is 4.65. The van der Waals surface area contributed by atoms with Crippen LogP contribution in [0, 0.1) is 0 Å². The first kappa shape index (κ1) is 12.4. The summed E-state index contributed by atoms with van der Waals surface area (Å²) in [6.07, 6.45) is 2.99. The van der Waals surface area contributed by atoms with Crippen LogP contribution in [0.2, 0.25) is 0 Å². The van der Waals surface area contributed by atoms with Gasteiger partial charge in [0.2, 0.25) is 0 Å². The summed E-state index contributed by atoms with van der Waals surface area (Å²) in [5.41, 5.74) is 2.27. The molecule has 0 aliphatic carbocycles. The van der Waals surface area contributed by atoms with Crippen molar-refractivity contribution in [2.45, 2.75) is 19.0 Å². The Morgan fingerprint density at radius 2 is 2.16 bits per heavy atom. The normalized spacial score (nSPS) is 12.9. The summed E-state index contributed by atoms with van der Waals surface area (Å²) in [5.74, 6) is 0. The lowest BCUT2D eigenvalue weighted by Crippen LogP contribution is -2.31. The van der Waals surface area contributed by atoms with Crippen LogP contribution in [-0.2, 0) is 13.0 Å². The van der Waals surface area contributed by atoms with Crippen molar-refractivity contribution in [3.63, 3.8) is 0 Å². The third-order valence-corrected chi connectivity index (χ3v) is 4.28. The van der Waals surface area contributed by atoms with E-state index in [4.69, 9.17) is 0 Å². The molecule has 0 aliphatic rings. The Bertz CT molecular complexity index is 642. The predicted molar refractivity (Wildman–Crippen MR) is 80.6 cm³/mol. The van der Waals surface area contributed by atoms with Crippen molar-refractivity contribution < 1.29 is 0 Å². The van der Waals surface area contributed by atoms with E-state index in [0.717, 1.165) is 18.5 Å². The lowest BCUT2D eigenvalue weighted by molar-refractivity contribution is 0.487. The van der Waals surface area contributed by atoms with Crippen molar-refractivity contribution in [2.75, 3.05) is 7.05 Å². The van der Waals surface area contributed by atoms with Crippen molar-refractivity contribution in [3.8, 4) is 0 Å². The molecule has 3 aromatic rings. The van der Waals surface area contributed by atoms with Crippen LogP contribution in [0.4, 0.5) is 0 Å². The molecule has 3 nitrogen and oxygen atoms in total. The van der Waals surface area contributed by atoms with E-state index >= 15 is 0 Å². The van der Waals surface area contributed by atoms with Gasteiger partial charge in [-0.05, 0) is 37.0 Å². The largest absolute Gasteiger partial charge is 0.329 e. The van der Waals surface area contributed by atoms with E-state index in [1.54, 1.807) is 0 Å². The van der Waals surface area contributed by atoms with E-state index in [-0.39, 0.29) is 0 Å². The first-order valence-corrected chi connectivity index (χ1v) is 7.34. The summed E-state index contributed by atoms with van der Waals surface area (Å²) in [7, 11) is 2.03. The Labute approximate surface area is 116 Å². The number of aromatic nitrogens is 2. The van der Waals surface area contributed by atoms with Gasteiger partial charge >= 0.3 is 0 Å². The quantitative estimate of drug-likeness (QED) is 0.773. The van der Waals surface area contributed by atoms with Gasteiger partial charge in [-0.1, -0.05) is 18.2 Å². The molecule has 0 fully saturated rings. The molecule has 3 rings (SSSR count). The molecule has 0 aliphatic heterocycles. The van der Waals surface area contributed by atoms with Crippen molar-refractivity contribution >= 4 is 22.4 Å².